The van der Waals surface area contributed by atoms with E-state index in [1.807, 2.05) is 24.3 Å². The summed E-state index contributed by atoms with van der Waals surface area (Å²) in [6, 6.07) is 7.47. The number of carbonyl (C=O) groups excluding carboxylic acids is 1. The molecule has 1 fully saturated rings. The minimum absolute atomic E-state index is 0.00267. The molecule has 8 heteroatoms. The quantitative estimate of drug-likeness (QED) is 0.872. The van der Waals surface area contributed by atoms with Crippen molar-refractivity contribution in [2.45, 2.75) is 13.0 Å². The molecule has 1 saturated heterocycles. The van der Waals surface area contributed by atoms with Crippen LogP contribution in [0, 0.1) is 5.92 Å². The Hall–Kier alpha value is -1.86. The van der Waals surface area contributed by atoms with Crippen LogP contribution in [0.2, 0.25) is 5.02 Å². The molecule has 2 heterocycles. The monoisotopic (exact) mass is 367 g/mol. The first kappa shape index (κ1) is 17.0. The third-order valence-electron chi connectivity index (χ3n) is 4.06. The molecular formula is C16H18ClN3O3S. The van der Waals surface area contributed by atoms with Gasteiger partial charge in [0.05, 0.1) is 29.8 Å². The molecule has 0 bridgehead atoms. The van der Waals surface area contributed by atoms with Crippen molar-refractivity contribution >= 4 is 27.3 Å². The summed E-state index contributed by atoms with van der Waals surface area (Å²) in [5, 5.41) is 7.62. The first-order valence-corrected chi connectivity index (χ1v) is 9.87. The van der Waals surface area contributed by atoms with Crippen molar-refractivity contribution in [1.82, 2.24) is 15.1 Å². The highest BCUT2D eigenvalue weighted by atomic mass is 35.5. The normalized spacial score (nSPS) is 19.3. The van der Waals surface area contributed by atoms with Crippen LogP contribution >= 0.6 is 11.6 Å². The lowest BCUT2D eigenvalue weighted by atomic mass is 10.1. The summed E-state index contributed by atoms with van der Waals surface area (Å²) in [6.45, 7) is 0.849. The van der Waals surface area contributed by atoms with Crippen molar-refractivity contribution in [2.75, 3.05) is 18.1 Å². The third-order valence-corrected chi connectivity index (χ3v) is 6.27. The molecule has 0 saturated carbocycles. The molecular weight excluding hydrogens is 350 g/mol. The summed E-state index contributed by atoms with van der Waals surface area (Å²) >= 11 is 6.12. The average Bonchev–Trinajstić information content (AvgIpc) is 3.14. The van der Waals surface area contributed by atoms with Gasteiger partial charge in [0.2, 0.25) is 0 Å². The van der Waals surface area contributed by atoms with Gasteiger partial charge in [0, 0.05) is 17.8 Å². The second-order valence-corrected chi connectivity index (χ2v) is 8.63. The zero-order valence-electron chi connectivity index (χ0n) is 13.0. The molecule has 0 spiro atoms. The van der Waals surface area contributed by atoms with Gasteiger partial charge in [-0.1, -0.05) is 29.8 Å². The second kappa shape index (κ2) is 6.94. The standard InChI is InChI=1S/C16H18ClN3O3S/c17-15-4-2-1-3-13(15)9-20-10-14(8-19-20)16(21)18-7-12-5-6-24(22,23)11-12/h1-4,8,10,12H,5-7,9,11H2,(H,18,21). The first-order valence-electron chi connectivity index (χ1n) is 7.67. The highest BCUT2D eigenvalue weighted by molar-refractivity contribution is 7.91. The van der Waals surface area contributed by atoms with Crippen LogP contribution in [0.3, 0.4) is 0 Å². The van der Waals surface area contributed by atoms with Crippen LogP contribution in [-0.4, -0.2) is 42.2 Å². The number of carbonyl (C=O) groups is 1. The minimum atomic E-state index is -2.92. The van der Waals surface area contributed by atoms with Crippen molar-refractivity contribution in [3.63, 3.8) is 0 Å². The molecule has 1 unspecified atom stereocenters. The van der Waals surface area contributed by atoms with Crippen LogP contribution in [0.25, 0.3) is 0 Å². The Kier molecular flexibility index (Phi) is 4.91. The zero-order valence-corrected chi connectivity index (χ0v) is 14.6. The molecule has 0 aliphatic carbocycles. The van der Waals surface area contributed by atoms with Gasteiger partial charge < -0.3 is 5.32 Å². The Labute approximate surface area is 145 Å². The molecule has 1 N–H and O–H groups in total. The van der Waals surface area contributed by atoms with Crippen molar-refractivity contribution < 1.29 is 13.2 Å². The Morgan fingerprint density at radius 1 is 1.38 bits per heavy atom. The molecule has 128 valence electrons. The molecule has 1 aliphatic rings. The van der Waals surface area contributed by atoms with E-state index in [2.05, 4.69) is 10.4 Å². The van der Waals surface area contributed by atoms with Gasteiger partial charge in [-0.05, 0) is 24.0 Å². The summed E-state index contributed by atoms with van der Waals surface area (Å²) in [6.07, 6.45) is 3.76. The average molecular weight is 368 g/mol. The highest BCUT2D eigenvalue weighted by Gasteiger charge is 2.28. The maximum absolute atomic E-state index is 12.2. The Morgan fingerprint density at radius 3 is 2.88 bits per heavy atom. The second-order valence-electron chi connectivity index (χ2n) is 6.00. The van der Waals surface area contributed by atoms with Crippen LogP contribution in [0.15, 0.2) is 36.7 Å². The largest absolute Gasteiger partial charge is 0.352 e. The van der Waals surface area contributed by atoms with Gasteiger partial charge in [0.15, 0.2) is 9.84 Å². The zero-order chi connectivity index (χ0) is 17.2. The van der Waals surface area contributed by atoms with Gasteiger partial charge in [-0.25, -0.2) is 8.42 Å². The van der Waals surface area contributed by atoms with Gasteiger partial charge in [-0.2, -0.15) is 5.10 Å². The number of hydrogen-bond donors (Lipinski definition) is 1. The molecule has 1 aromatic heterocycles. The van der Waals surface area contributed by atoms with E-state index in [0.717, 1.165) is 5.56 Å². The predicted molar refractivity (Wildman–Crippen MR) is 91.9 cm³/mol. The lowest BCUT2D eigenvalue weighted by molar-refractivity contribution is 0.0948. The van der Waals surface area contributed by atoms with Gasteiger partial charge in [0.1, 0.15) is 0 Å². The lowest BCUT2D eigenvalue weighted by Crippen LogP contribution is -2.29. The number of sulfone groups is 1. The molecule has 1 atom stereocenters. The summed E-state index contributed by atoms with van der Waals surface area (Å²) < 4.78 is 24.5. The number of hydrogen-bond acceptors (Lipinski definition) is 4. The van der Waals surface area contributed by atoms with Crippen LogP contribution < -0.4 is 5.32 Å². The third kappa shape index (κ3) is 4.15. The number of benzene rings is 1. The number of aromatic nitrogens is 2. The van der Waals surface area contributed by atoms with Crippen LogP contribution in [0.1, 0.15) is 22.3 Å². The fourth-order valence-electron chi connectivity index (χ4n) is 2.74. The highest BCUT2D eigenvalue weighted by Crippen LogP contribution is 2.18. The fourth-order valence-corrected chi connectivity index (χ4v) is 4.80. The number of nitrogens with zero attached hydrogens (tertiary/aromatic N) is 2. The maximum atomic E-state index is 12.2. The number of rotatable bonds is 5. The topological polar surface area (TPSA) is 81.1 Å². The van der Waals surface area contributed by atoms with Gasteiger partial charge in [-0.3, -0.25) is 9.48 Å². The van der Waals surface area contributed by atoms with Crippen molar-refractivity contribution in [3.8, 4) is 0 Å². The Morgan fingerprint density at radius 2 is 2.17 bits per heavy atom. The van der Waals surface area contributed by atoms with Gasteiger partial charge >= 0.3 is 0 Å². The SMILES string of the molecule is O=C(NCC1CCS(=O)(=O)C1)c1cnn(Cc2ccccc2Cl)c1. The summed E-state index contributed by atoms with van der Waals surface area (Å²) in [5.74, 6) is 0.115. The minimum Gasteiger partial charge on any atom is -0.352 e. The summed E-state index contributed by atoms with van der Waals surface area (Å²) in [4.78, 5) is 12.2. The molecule has 0 radical (unpaired) electrons. The van der Waals surface area contributed by atoms with Crippen molar-refractivity contribution in [1.29, 1.82) is 0 Å². The molecule has 3 rings (SSSR count). The number of nitrogens with one attached hydrogen (secondary N) is 1. The molecule has 2 aromatic rings. The van der Waals surface area contributed by atoms with Crippen molar-refractivity contribution in [3.05, 3.63) is 52.8 Å². The predicted octanol–water partition coefficient (Wildman–Crippen LogP) is 1.75. The Balaban J connectivity index is 1.57. The van der Waals surface area contributed by atoms with E-state index in [9.17, 15) is 13.2 Å². The Bertz CT molecular complexity index is 848. The van der Waals surface area contributed by atoms with E-state index in [0.29, 0.717) is 30.1 Å². The lowest BCUT2D eigenvalue weighted by Gasteiger charge is -2.08. The fraction of sp³-hybridized carbons (Fsp3) is 0.375. The smallest absolute Gasteiger partial charge is 0.254 e. The van der Waals surface area contributed by atoms with Crippen LogP contribution in [0.4, 0.5) is 0 Å². The summed E-state index contributed by atoms with van der Waals surface area (Å²) in [5.41, 5.74) is 1.37. The molecule has 6 nitrogen and oxygen atoms in total. The number of amides is 1. The van der Waals surface area contributed by atoms with E-state index in [4.69, 9.17) is 11.6 Å². The van der Waals surface area contributed by atoms with Crippen LogP contribution in [-0.2, 0) is 16.4 Å². The van der Waals surface area contributed by atoms with Gasteiger partial charge in [0.25, 0.3) is 5.91 Å². The van der Waals surface area contributed by atoms with Gasteiger partial charge in [-0.15, -0.1) is 0 Å². The molecule has 1 aromatic carbocycles. The summed E-state index contributed by atoms with van der Waals surface area (Å²) in [7, 11) is -2.92. The van der Waals surface area contributed by atoms with E-state index in [1.54, 1.807) is 10.9 Å². The first-order chi connectivity index (χ1) is 11.4. The van der Waals surface area contributed by atoms with E-state index < -0.39 is 9.84 Å². The molecule has 24 heavy (non-hydrogen) atoms. The van der Waals surface area contributed by atoms with E-state index in [-0.39, 0.29) is 23.3 Å². The van der Waals surface area contributed by atoms with Crippen LogP contribution in [0.5, 0.6) is 0 Å². The molecule has 1 amide bonds. The molecule has 1 aliphatic heterocycles. The van der Waals surface area contributed by atoms with E-state index >= 15 is 0 Å². The maximum Gasteiger partial charge on any atom is 0.254 e. The van der Waals surface area contributed by atoms with E-state index in [1.165, 1.54) is 6.20 Å². The van der Waals surface area contributed by atoms with Crippen molar-refractivity contribution in [2.24, 2.45) is 5.92 Å². The number of halogens is 1.